The van der Waals surface area contributed by atoms with Gasteiger partial charge in [-0.15, -0.1) is 0 Å². The Balaban J connectivity index is 2.38. The Hall–Kier alpha value is -1.60. The number of hydrogen-bond donors (Lipinski definition) is 1. The molecule has 1 fully saturated rings. The number of esters is 1. The fourth-order valence-electron chi connectivity index (χ4n) is 2.49. The molecule has 0 amide bonds. The van der Waals surface area contributed by atoms with Gasteiger partial charge >= 0.3 is 13.1 Å². The molecule has 1 aromatic rings. The molecule has 7 heteroatoms. The van der Waals surface area contributed by atoms with Gasteiger partial charge in [0.25, 0.3) is 0 Å². The molecule has 0 radical (unpaired) electrons. The van der Waals surface area contributed by atoms with Crippen molar-refractivity contribution in [3.63, 3.8) is 0 Å². The van der Waals surface area contributed by atoms with E-state index < -0.39 is 35.9 Å². The number of methoxy groups -OCH3 is 1. The first-order valence-electron chi connectivity index (χ1n) is 7.48. The lowest BCUT2D eigenvalue weighted by atomic mass is 9.66. The highest BCUT2D eigenvalue weighted by atomic mass is 19.1. The topological polar surface area (TPSA) is 65.0 Å². The van der Waals surface area contributed by atoms with E-state index in [1.165, 1.54) is 19.2 Å². The van der Waals surface area contributed by atoms with Crippen LogP contribution in [0.3, 0.4) is 0 Å². The number of carbonyl (C=O) groups is 1. The summed E-state index contributed by atoms with van der Waals surface area (Å²) in [4.78, 5) is 11.7. The van der Waals surface area contributed by atoms with Crippen molar-refractivity contribution in [2.75, 3.05) is 7.11 Å². The summed E-state index contributed by atoms with van der Waals surface area (Å²) in [5, 5.41) is 9.38. The van der Waals surface area contributed by atoms with Gasteiger partial charge in [0.05, 0.1) is 24.7 Å². The van der Waals surface area contributed by atoms with Gasteiger partial charge in [-0.1, -0.05) is 6.07 Å². The van der Waals surface area contributed by atoms with Crippen molar-refractivity contribution in [3.8, 4) is 5.75 Å². The quantitative estimate of drug-likeness (QED) is 0.681. The van der Waals surface area contributed by atoms with Gasteiger partial charge < -0.3 is 19.2 Å². The van der Waals surface area contributed by atoms with Crippen molar-refractivity contribution in [1.29, 1.82) is 0 Å². The zero-order chi connectivity index (χ0) is 17.4. The summed E-state index contributed by atoms with van der Waals surface area (Å²) in [6, 6.07) is 3.81. The molecule has 5 nitrogen and oxygen atoms in total. The molecule has 1 atom stereocenters. The first-order valence-corrected chi connectivity index (χ1v) is 7.48. The second-order valence-corrected chi connectivity index (χ2v) is 6.72. The van der Waals surface area contributed by atoms with E-state index in [0.717, 1.165) is 6.07 Å². The van der Waals surface area contributed by atoms with E-state index in [1.54, 1.807) is 0 Å². The number of ether oxygens (including phenoxy) is 1. The molecular formula is C16H22BFO5. The lowest BCUT2D eigenvalue weighted by Crippen LogP contribution is -2.41. The van der Waals surface area contributed by atoms with E-state index in [4.69, 9.17) is 14.0 Å². The standard InChI is InChI=1S/C16H22BFO5/c1-15(2)16(3,4)23-17(22-15)12(9-14(20)21-5)11-7-6-10(19)8-13(11)18/h6-8,12,19H,9H2,1-5H3. The zero-order valence-corrected chi connectivity index (χ0v) is 14.1. The summed E-state index contributed by atoms with van der Waals surface area (Å²) >= 11 is 0. The molecule has 0 spiro atoms. The van der Waals surface area contributed by atoms with Gasteiger partial charge in [0.1, 0.15) is 11.6 Å². The summed E-state index contributed by atoms with van der Waals surface area (Å²) in [6.07, 6.45) is -0.0883. The molecule has 1 saturated heterocycles. The number of benzene rings is 1. The Morgan fingerprint density at radius 1 is 1.30 bits per heavy atom. The van der Waals surface area contributed by atoms with Crippen molar-refractivity contribution in [1.82, 2.24) is 0 Å². The van der Waals surface area contributed by atoms with Crippen LogP contribution in [0.1, 0.15) is 45.5 Å². The first kappa shape index (κ1) is 17.8. The second kappa shape index (κ2) is 6.13. The third-order valence-corrected chi connectivity index (χ3v) is 4.60. The Bertz CT molecular complexity index is 586. The molecule has 23 heavy (non-hydrogen) atoms. The van der Waals surface area contributed by atoms with Crippen LogP contribution in [0.5, 0.6) is 5.75 Å². The molecule has 1 aromatic carbocycles. The maximum absolute atomic E-state index is 14.3. The average molecular weight is 324 g/mol. The fraction of sp³-hybridized carbons (Fsp3) is 0.562. The number of rotatable bonds is 4. The van der Waals surface area contributed by atoms with E-state index in [9.17, 15) is 14.3 Å². The number of halogens is 1. The lowest BCUT2D eigenvalue weighted by molar-refractivity contribution is -0.140. The summed E-state index contributed by atoms with van der Waals surface area (Å²) in [6.45, 7) is 7.54. The van der Waals surface area contributed by atoms with Gasteiger partial charge in [-0.05, 0) is 39.3 Å². The second-order valence-electron chi connectivity index (χ2n) is 6.72. The maximum Gasteiger partial charge on any atom is 0.466 e. The molecular weight excluding hydrogens is 302 g/mol. The highest BCUT2D eigenvalue weighted by Crippen LogP contribution is 2.42. The number of phenols is 1. The third-order valence-electron chi connectivity index (χ3n) is 4.60. The number of aromatic hydroxyl groups is 1. The predicted molar refractivity (Wildman–Crippen MR) is 83.5 cm³/mol. The smallest absolute Gasteiger partial charge is 0.466 e. The summed E-state index contributed by atoms with van der Waals surface area (Å²) in [5.41, 5.74) is -0.953. The molecule has 2 rings (SSSR count). The summed E-state index contributed by atoms with van der Waals surface area (Å²) in [7, 11) is 0.481. The van der Waals surface area contributed by atoms with Crippen molar-refractivity contribution >= 4 is 13.1 Å². The Morgan fingerprint density at radius 3 is 2.35 bits per heavy atom. The van der Waals surface area contributed by atoms with Gasteiger partial charge in [0.15, 0.2) is 0 Å². The summed E-state index contributed by atoms with van der Waals surface area (Å²) in [5.74, 6) is -1.97. The Kier molecular flexibility index (Phi) is 4.73. The van der Waals surface area contributed by atoms with E-state index in [1.807, 2.05) is 27.7 Å². The number of hydrogen-bond acceptors (Lipinski definition) is 5. The van der Waals surface area contributed by atoms with E-state index in [0.29, 0.717) is 0 Å². The van der Waals surface area contributed by atoms with Crippen molar-refractivity contribution in [2.45, 2.75) is 51.1 Å². The van der Waals surface area contributed by atoms with Crippen LogP contribution in [-0.4, -0.2) is 36.5 Å². The molecule has 0 aliphatic carbocycles. The highest BCUT2D eigenvalue weighted by molar-refractivity contribution is 6.48. The molecule has 0 saturated carbocycles. The van der Waals surface area contributed by atoms with Crippen LogP contribution < -0.4 is 0 Å². The van der Waals surface area contributed by atoms with E-state index in [2.05, 4.69) is 0 Å². The molecule has 1 aliphatic heterocycles. The minimum Gasteiger partial charge on any atom is -0.508 e. The minimum absolute atomic E-state index is 0.0883. The SMILES string of the molecule is COC(=O)CC(B1OC(C)(C)C(C)(C)O1)c1ccc(O)cc1F. The lowest BCUT2D eigenvalue weighted by Gasteiger charge is -2.32. The van der Waals surface area contributed by atoms with E-state index >= 15 is 0 Å². The monoisotopic (exact) mass is 324 g/mol. The molecule has 1 heterocycles. The van der Waals surface area contributed by atoms with Crippen LogP contribution in [0, 0.1) is 5.82 Å². The fourth-order valence-corrected chi connectivity index (χ4v) is 2.49. The van der Waals surface area contributed by atoms with Crippen molar-refractivity contribution in [2.24, 2.45) is 0 Å². The van der Waals surface area contributed by atoms with Crippen LogP contribution in [0.15, 0.2) is 18.2 Å². The number of phenolic OH excluding ortho intramolecular Hbond substituents is 1. The molecule has 0 bridgehead atoms. The predicted octanol–water partition coefficient (Wildman–Crippen LogP) is 2.81. The van der Waals surface area contributed by atoms with E-state index in [-0.39, 0.29) is 17.7 Å². The zero-order valence-electron chi connectivity index (χ0n) is 14.1. The Labute approximate surface area is 135 Å². The van der Waals surface area contributed by atoms with Crippen LogP contribution in [0.4, 0.5) is 4.39 Å². The van der Waals surface area contributed by atoms with Gasteiger partial charge in [-0.25, -0.2) is 4.39 Å². The average Bonchev–Trinajstić information content (AvgIpc) is 2.65. The molecule has 0 aromatic heterocycles. The van der Waals surface area contributed by atoms with Crippen LogP contribution >= 0.6 is 0 Å². The van der Waals surface area contributed by atoms with Crippen molar-refractivity contribution < 1.29 is 28.3 Å². The maximum atomic E-state index is 14.3. The van der Waals surface area contributed by atoms with Gasteiger partial charge in [-0.2, -0.15) is 0 Å². The third kappa shape index (κ3) is 3.51. The normalized spacial score (nSPS) is 20.3. The van der Waals surface area contributed by atoms with Gasteiger partial charge in [0, 0.05) is 11.9 Å². The molecule has 126 valence electrons. The van der Waals surface area contributed by atoms with Gasteiger partial charge in [0.2, 0.25) is 0 Å². The highest BCUT2D eigenvalue weighted by Gasteiger charge is 2.54. The molecule has 1 unspecified atom stereocenters. The minimum atomic E-state index is -0.793. The van der Waals surface area contributed by atoms with Crippen LogP contribution in [0.2, 0.25) is 0 Å². The van der Waals surface area contributed by atoms with Crippen LogP contribution in [0.25, 0.3) is 0 Å². The molecule has 1 aliphatic rings. The van der Waals surface area contributed by atoms with Gasteiger partial charge in [-0.3, -0.25) is 4.79 Å². The molecule has 1 N–H and O–H groups in total. The van der Waals surface area contributed by atoms with Crippen molar-refractivity contribution in [3.05, 3.63) is 29.6 Å². The largest absolute Gasteiger partial charge is 0.508 e. The Morgan fingerprint density at radius 2 is 1.87 bits per heavy atom. The number of carbonyl (C=O) groups excluding carboxylic acids is 1. The summed E-state index contributed by atoms with van der Waals surface area (Å²) < 4.78 is 30.9. The first-order chi connectivity index (χ1) is 10.6. The van der Waals surface area contributed by atoms with Crippen LogP contribution in [-0.2, 0) is 18.8 Å².